The van der Waals surface area contributed by atoms with Gasteiger partial charge in [-0.05, 0) is 0 Å². The molecule has 2 rings (SSSR count). The van der Waals surface area contributed by atoms with Crippen LogP contribution in [0.2, 0.25) is 0 Å². The minimum Gasteiger partial charge on any atom is -0.378 e. The van der Waals surface area contributed by atoms with Crippen molar-refractivity contribution in [1.29, 1.82) is 0 Å². The first-order valence-corrected chi connectivity index (χ1v) is 8.04. The molecule has 1 aromatic rings. The molecule has 0 atom stereocenters. The number of halogens is 1. The Hall–Kier alpha value is -0.370. The maximum absolute atomic E-state index is 10.9. The van der Waals surface area contributed by atoms with Gasteiger partial charge in [-0.2, -0.15) is 0 Å². The van der Waals surface area contributed by atoms with E-state index in [-0.39, 0.29) is 5.75 Å². The molecule has 0 aromatic carbocycles. The van der Waals surface area contributed by atoms with Crippen LogP contribution in [0, 0.1) is 0 Å². The fourth-order valence-electron chi connectivity index (χ4n) is 1.43. The van der Waals surface area contributed by atoms with Crippen molar-refractivity contribution in [2.75, 3.05) is 31.2 Å². The van der Waals surface area contributed by atoms with Gasteiger partial charge in [-0.1, -0.05) is 0 Å². The predicted octanol–water partition coefficient (Wildman–Crippen LogP) is 1.05. The average Bonchev–Trinajstić information content (AvgIpc) is 2.65. The van der Waals surface area contributed by atoms with Crippen LogP contribution >= 0.6 is 22.0 Å². The summed E-state index contributed by atoms with van der Waals surface area (Å²) in [6.45, 7) is 2.95. The lowest BCUT2D eigenvalue weighted by Crippen LogP contribution is -2.36. The summed E-state index contributed by atoms with van der Waals surface area (Å²) in [5, 5.41) is 0.832. The third kappa shape index (κ3) is 3.31. The van der Waals surface area contributed by atoms with Crippen LogP contribution in [0.15, 0.2) is 6.20 Å². The molecule has 16 heavy (non-hydrogen) atoms. The zero-order valence-electron chi connectivity index (χ0n) is 8.43. The molecular formula is C8H11ClN2O3S2. The molecule has 1 aromatic heterocycles. The second kappa shape index (κ2) is 4.87. The number of hydrogen-bond donors (Lipinski definition) is 0. The SMILES string of the molecule is O=S(=O)(Cl)Cc1cnc(N2CCOCC2)s1. The van der Waals surface area contributed by atoms with E-state index in [9.17, 15) is 8.42 Å². The van der Waals surface area contributed by atoms with Crippen molar-refractivity contribution >= 4 is 36.2 Å². The number of thiazole rings is 1. The minimum absolute atomic E-state index is 0.156. The zero-order valence-corrected chi connectivity index (χ0v) is 10.8. The second-order valence-corrected chi connectivity index (χ2v) is 7.26. The first-order valence-electron chi connectivity index (χ1n) is 4.74. The number of ether oxygens (including phenoxy) is 1. The average molecular weight is 283 g/mol. The Morgan fingerprint density at radius 2 is 2.19 bits per heavy atom. The van der Waals surface area contributed by atoms with Gasteiger partial charge < -0.3 is 9.64 Å². The number of hydrogen-bond acceptors (Lipinski definition) is 6. The largest absolute Gasteiger partial charge is 0.378 e. The molecule has 0 N–H and O–H groups in total. The first-order chi connectivity index (χ1) is 7.54. The van der Waals surface area contributed by atoms with E-state index < -0.39 is 9.05 Å². The van der Waals surface area contributed by atoms with E-state index in [4.69, 9.17) is 15.4 Å². The molecule has 90 valence electrons. The van der Waals surface area contributed by atoms with Gasteiger partial charge >= 0.3 is 0 Å². The standard InChI is InChI=1S/C8H11ClN2O3S2/c9-16(12,13)6-7-5-10-8(15-7)11-1-3-14-4-2-11/h5H,1-4,6H2. The van der Waals surface area contributed by atoms with Crippen molar-refractivity contribution in [2.45, 2.75) is 5.75 Å². The third-order valence-corrected chi connectivity index (χ3v) is 4.36. The Morgan fingerprint density at radius 3 is 2.81 bits per heavy atom. The topological polar surface area (TPSA) is 59.5 Å². The Balaban J connectivity index is 2.06. The quantitative estimate of drug-likeness (QED) is 0.776. The molecule has 0 spiro atoms. The number of aromatic nitrogens is 1. The fraction of sp³-hybridized carbons (Fsp3) is 0.625. The van der Waals surface area contributed by atoms with E-state index in [1.165, 1.54) is 11.3 Å². The van der Waals surface area contributed by atoms with Gasteiger partial charge in [0.05, 0.1) is 13.2 Å². The van der Waals surface area contributed by atoms with Gasteiger partial charge in [-0.25, -0.2) is 13.4 Å². The van der Waals surface area contributed by atoms with E-state index in [0.717, 1.165) is 18.2 Å². The van der Waals surface area contributed by atoms with Crippen LogP contribution < -0.4 is 4.90 Å². The molecule has 0 amide bonds. The summed E-state index contributed by atoms with van der Waals surface area (Å²) >= 11 is 1.36. The van der Waals surface area contributed by atoms with Crippen LogP contribution in [0.5, 0.6) is 0 Å². The summed E-state index contributed by atoms with van der Waals surface area (Å²) in [5.74, 6) is -0.156. The highest BCUT2D eigenvalue weighted by atomic mass is 35.7. The van der Waals surface area contributed by atoms with E-state index in [2.05, 4.69) is 9.88 Å². The van der Waals surface area contributed by atoms with Crippen LogP contribution in [0.4, 0.5) is 5.13 Å². The third-order valence-electron chi connectivity index (χ3n) is 2.14. The van der Waals surface area contributed by atoms with Gasteiger partial charge in [0.25, 0.3) is 0 Å². The monoisotopic (exact) mass is 282 g/mol. The van der Waals surface area contributed by atoms with Crippen molar-refractivity contribution in [3.63, 3.8) is 0 Å². The highest BCUT2D eigenvalue weighted by Crippen LogP contribution is 2.25. The van der Waals surface area contributed by atoms with E-state index in [0.29, 0.717) is 18.1 Å². The molecule has 0 aliphatic carbocycles. The minimum atomic E-state index is -3.50. The lowest BCUT2D eigenvalue weighted by Gasteiger charge is -2.25. The maximum Gasteiger partial charge on any atom is 0.237 e. The molecular weight excluding hydrogens is 272 g/mol. The number of nitrogens with zero attached hydrogens (tertiary/aromatic N) is 2. The molecule has 1 aliphatic heterocycles. The Kier molecular flexibility index (Phi) is 3.68. The number of rotatable bonds is 3. The van der Waals surface area contributed by atoms with Gasteiger partial charge in [-0.3, -0.25) is 0 Å². The lowest BCUT2D eigenvalue weighted by atomic mass is 10.5. The van der Waals surface area contributed by atoms with Crippen molar-refractivity contribution in [3.8, 4) is 0 Å². The normalized spacial score (nSPS) is 17.7. The fourth-order valence-corrected chi connectivity index (χ4v) is 3.85. The lowest BCUT2D eigenvalue weighted by molar-refractivity contribution is 0.122. The Morgan fingerprint density at radius 1 is 1.50 bits per heavy atom. The summed E-state index contributed by atoms with van der Waals surface area (Å²) in [5.41, 5.74) is 0. The van der Waals surface area contributed by atoms with Gasteiger partial charge in [0.2, 0.25) is 9.05 Å². The molecule has 0 unspecified atom stereocenters. The number of morpholine rings is 1. The van der Waals surface area contributed by atoms with Gasteiger partial charge in [0.15, 0.2) is 5.13 Å². The summed E-state index contributed by atoms with van der Waals surface area (Å²) in [4.78, 5) is 6.94. The van der Waals surface area contributed by atoms with Crippen LogP contribution in [-0.2, 0) is 19.5 Å². The van der Waals surface area contributed by atoms with Crippen LogP contribution in [-0.4, -0.2) is 39.7 Å². The highest BCUT2D eigenvalue weighted by molar-refractivity contribution is 8.13. The molecule has 8 heteroatoms. The van der Waals surface area contributed by atoms with Gasteiger partial charge in [0, 0.05) is 34.8 Å². The molecule has 1 aliphatic rings. The van der Waals surface area contributed by atoms with Crippen molar-refractivity contribution in [2.24, 2.45) is 0 Å². The molecule has 1 fully saturated rings. The second-order valence-electron chi connectivity index (χ2n) is 3.39. The van der Waals surface area contributed by atoms with Crippen LogP contribution in [0.1, 0.15) is 4.88 Å². The van der Waals surface area contributed by atoms with Gasteiger partial charge in [0.1, 0.15) is 5.75 Å². The summed E-state index contributed by atoms with van der Waals surface area (Å²) < 4.78 is 27.0. The van der Waals surface area contributed by atoms with Crippen LogP contribution in [0.25, 0.3) is 0 Å². The predicted molar refractivity (Wildman–Crippen MR) is 63.6 cm³/mol. The molecule has 0 radical (unpaired) electrons. The van der Waals surface area contributed by atoms with E-state index in [1.807, 2.05) is 0 Å². The molecule has 5 nitrogen and oxygen atoms in total. The highest BCUT2D eigenvalue weighted by Gasteiger charge is 2.16. The molecule has 1 saturated heterocycles. The maximum atomic E-state index is 10.9. The molecule has 2 heterocycles. The summed E-state index contributed by atoms with van der Waals surface area (Å²) in [7, 11) is 1.69. The summed E-state index contributed by atoms with van der Waals surface area (Å²) in [6, 6.07) is 0. The summed E-state index contributed by atoms with van der Waals surface area (Å²) in [6.07, 6.45) is 1.56. The molecule has 0 bridgehead atoms. The van der Waals surface area contributed by atoms with E-state index >= 15 is 0 Å². The Labute approximate surface area is 102 Å². The molecule has 0 saturated carbocycles. The van der Waals surface area contributed by atoms with Crippen molar-refractivity contribution in [1.82, 2.24) is 4.98 Å². The van der Waals surface area contributed by atoms with E-state index in [1.54, 1.807) is 6.20 Å². The smallest absolute Gasteiger partial charge is 0.237 e. The van der Waals surface area contributed by atoms with Crippen molar-refractivity contribution in [3.05, 3.63) is 11.1 Å². The Bertz CT molecular complexity index is 454. The first kappa shape index (κ1) is 12.1. The van der Waals surface area contributed by atoms with Crippen molar-refractivity contribution < 1.29 is 13.2 Å². The number of anilines is 1. The zero-order chi connectivity index (χ0) is 11.6. The van der Waals surface area contributed by atoms with Crippen LogP contribution in [0.3, 0.4) is 0 Å². The van der Waals surface area contributed by atoms with Gasteiger partial charge in [-0.15, -0.1) is 11.3 Å².